The van der Waals surface area contributed by atoms with E-state index in [0.717, 1.165) is 10.2 Å². The molecule has 27 heavy (non-hydrogen) atoms. The first-order chi connectivity index (χ1) is 13.1. The number of benzene rings is 2. The second kappa shape index (κ2) is 7.22. The second-order valence-electron chi connectivity index (χ2n) is 5.53. The molecule has 0 bridgehead atoms. The Bertz CT molecular complexity index is 1150. The number of halogens is 1. The molecule has 0 saturated heterocycles. The van der Waals surface area contributed by atoms with E-state index in [1.54, 1.807) is 30.3 Å². The van der Waals surface area contributed by atoms with E-state index in [2.05, 4.69) is 15.3 Å². The van der Waals surface area contributed by atoms with E-state index >= 15 is 0 Å². The zero-order valence-corrected chi connectivity index (χ0v) is 15.3. The van der Waals surface area contributed by atoms with Crippen LogP contribution >= 0.6 is 22.9 Å². The lowest BCUT2D eigenvalue weighted by atomic mass is 10.3. The molecular weight excluding hydrogens is 386 g/mol. The van der Waals surface area contributed by atoms with Gasteiger partial charge in [0.05, 0.1) is 10.2 Å². The topological polar surface area (TPSA) is 84.3 Å². The van der Waals surface area contributed by atoms with Crippen molar-refractivity contribution >= 4 is 44.2 Å². The van der Waals surface area contributed by atoms with E-state index in [-0.39, 0.29) is 11.4 Å². The molecule has 8 heteroatoms. The number of thiazole rings is 1. The van der Waals surface area contributed by atoms with Crippen molar-refractivity contribution in [3.8, 4) is 17.2 Å². The number of hydrogen-bond donors (Lipinski definition) is 2. The van der Waals surface area contributed by atoms with Crippen LogP contribution in [0.2, 0.25) is 5.02 Å². The predicted molar refractivity (Wildman–Crippen MR) is 105 cm³/mol. The molecule has 0 spiro atoms. The summed E-state index contributed by atoms with van der Waals surface area (Å²) in [5.41, 5.74) is 0.667. The fourth-order valence-corrected chi connectivity index (χ4v) is 3.49. The zero-order chi connectivity index (χ0) is 18.8. The molecule has 4 aromatic rings. The number of hydrogen-bond acceptors (Lipinski definition) is 6. The summed E-state index contributed by atoms with van der Waals surface area (Å²) in [6.45, 7) is 0. The van der Waals surface area contributed by atoms with Gasteiger partial charge in [-0.1, -0.05) is 29.0 Å². The monoisotopic (exact) mass is 397 g/mol. The van der Waals surface area contributed by atoms with Crippen LogP contribution in [0.15, 0.2) is 60.8 Å². The Morgan fingerprint density at radius 1 is 1.11 bits per heavy atom. The van der Waals surface area contributed by atoms with E-state index in [1.807, 2.05) is 18.2 Å². The number of fused-ring (bicyclic) bond motifs is 1. The first-order valence-corrected chi connectivity index (χ1v) is 9.07. The fraction of sp³-hybridized carbons (Fsp3) is 0. The summed E-state index contributed by atoms with van der Waals surface area (Å²) in [5, 5.41) is 13.4. The van der Waals surface area contributed by atoms with Crippen molar-refractivity contribution in [1.29, 1.82) is 0 Å². The highest BCUT2D eigenvalue weighted by Crippen LogP contribution is 2.32. The Kier molecular flexibility index (Phi) is 4.62. The fourth-order valence-electron chi connectivity index (χ4n) is 2.42. The molecule has 4 rings (SSSR count). The predicted octanol–water partition coefficient (Wildman–Crippen LogP) is 5.09. The van der Waals surface area contributed by atoms with E-state index in [1.165, 1.54) is 23.6 Å². The highest BCUT2D eigenvalue weighted by molar-refractivity contribution is 7.22. The average Bonchev–Trinajstić information content (AvgIpc) is 3.03. The molecule has 2 N–H and O–H groups in total. The van der Waals surface area contributed by atoms with Gasteiger partial charge < -0.3 is 9.84 Å². The number of carbonyl (C=O) groups is 1. The third-order valence-electron chi connectivity index (χ3n) is 3.61. The van der Waals surface area contributed by atoms with E-state index in [4.69, 9.17) is 16.3 Å². The quantitative estimate of drug-likeness (QED) is 0.500. The van der Waals surface area contributed by atoms with Gasteiger partial charge in [0.15, 0.2) is 10.8 Å². The molecule has 2 heterocycles. The minimum Gasteiger partial charge on any atom is -0.505 e. The number of anilines is 1. The van der Waals surface area contributed by atoms with Crippen molar-refractivity contribution in [2.45, 2.75) is 0 Å². The highest BCUT2D eigenvalue weighted by atomic mass is 35.5. The Labute approximate surface area is 163 Å². The third-order valence-corrected chi connectivity index (χ3v) is 4.78. The molecule has 2 aromatic carbocycles. The molecule has 0 fully saturated rings. The van der Waals surface area contributed by atoms with Crippen LogP contribution in [0.25, 0.3) is 10.2 Å². The van der Waals surface area contributed by atoms with Crippen LogP contribution < -0.4 is 10.1 Å². The Morgan fingerprint density at radius 2 is 1.96 bits per heavy atom. The lowest BCUT2D eigenvalue weighted by molar-refractivity contribution is 0.101. The van der Waals surface area contributed by atoms with Crippen LogP contribution in [0.1, 0.15) is 10.5 Å². The molecule has 1 amide bonds. The van der Waals surface area contributed by atoms with Gasteiger partial charge in [0.1, 0.15) is 17.2 Å². The van der Waals surface area contributed by atoms with Crippen LogP contribution in [0.4, 0.5) is 5.13 Å². The SMILES string of the molecule is O=C(Nc1nc2ccc(Oc3cccc(Cl)c3)cc2s1)c1ncccc1O. The van der Waals surface area contributed by atoms with Gasteiger partial charge in [-0.3, -0.25) is 10.1 Å². The minimum absolute atomic E-state index is 0.0539. The lowest BCUT2D eigenvalue weighted by Gasteiger charge is -2.05. The maximum absolute atomic E-state index is 12.2. The lowest BCUT2D eigenvalue weighted by Crippen LogP contribution is -2.13. The van der Waals surface area contributed by atoms with Gasteiger partial charge in [0.2, 0.25) is 0 Å². The minimum atomic E-state index is -0.525. The van der Waals surface area contributed by atoms with Crippen LogP contribution in [-0.2, 0) is 0 Å². The second-order valence-corrected chi connectivity index (χ2v) is 7.00. The van der Waals surface area contributed by atoms with Gasteiger partial charge in [-0.15, -0.1) is 0 Å². The normalized spacial score (nSPS) is 10.7. The molecule has 0 atom stereocenters. The van der Waals surface area contributed by atoms with Crippen LogP contribution in [0.5, 0.6) is 17.2 Å². The van der Waals surface area contributed by atoms with Gasteiger partial charge in [-0.05, 0) is 42.5 Å². The van der Waals surface area contributed by atoms with Crippen molar-refractivity contribution in [2.75, 3.05) is 5.32 Å². The number of amides is 1. The van der Waals surface area contributed by atoms with Crippen molar-refractivity contribution < 1.29 is 14.6 Å². The van der Waals surface area contributed by atoms with E-state index in [9.17, 15) is 9.90 Å². The molecule has 0 unspecified atom stereocenters. The Morgan fingerprint density at radius 3 is 2.78 bits per heavy atom. The number of ether oxygens (including phenoxy) is 1. The Hall–Kier alpha value is -3.16. The van der Waals surface area contributed by atoms with Crippen molar-refractivity contribution in [2.24, 2.45) is 0 Å². The highest BCUT2D eigenvalue weighted by Gasteiger charge is 2.15. The van der Waals surface area contributed by atoms with Gasteiger partial charge in [0, 0.05) is 17.3 Å². The number of pyridine rings is 1. The largest absolute Gasteiger partial charge is 0.505 e. The molecule has 2 aromatic heterocycles. The first kappa shape index (κ1) is 17.3. The number of nitrogens with one attached hydrogen (secondary N) is 1. The van der Waals surface area contributed by atoms with Crippen molar-refractivity contribution in [3.63, 3.8) is 0 Å². The maximum Gasteiger partial charge on any atom is 0.279 e. The summed E-state index contributed by atoms with van der Waals surface area (Å²) < 4.78 is 6.65. The smallest absolute Gasteiger partial charge is 0.279 e. The summed E-state index contributed by atoms with van der Waals surface area (Å²) in [5.74, 6) is 0.551. The van der Waals surface area contributed by atoms with E-state index < -0.39 is 5.91 Å². The molecule has 134 valence electrons. The van der Waals surface area contributed by atoms with Gasteiger partial charge in [-0.2, -0.15) is 0 Å². The summed E-state index contributed by atoms with van der Waals surface area (Å²) in [4.78, 5) is 20.5. The number of nitrogens with zero attached hydrogens (tertiary/aromatic N) is 2. The van der Waals surface area contributed by atoms with Crippen LogP contribution in [0, 0.1) is 0 Å². The molecule has 0 saturated carbocycles. The number of carbonyl (C=O) groups excluding carboxylic acids is 1. The standard InChI is InChI=1S/C19H12ClN3O3S/c20-11-3-1-4-12(9-11)26-13-6-7-14-16(10-13)27-19(22-14)23-18(25)17-15(24)5-2-8-21-17/h1-10,24H,(H,22,23,25). The molecule has 0 aliphatic rings. The summed E-state index contributed by atoms with van der Waals surface area (Å²) in [7, 11) is 0. The van der Waals surface area contributed by atoms with Crippen LogP contribution in [-0.4, -0.2) is 21.0 Å². The number of aromatic nitrogens is 2. The summed E-state index contributed by atoms with van der Waals surface area (Å²) in [6, 6.07) is 15.5. The molecular formula is C19H12ClN3O3S. The van der Waals surface area contributed by atoms with Gasteiger partial charge >= 0.3 is 0 Å². The van der Waals surface area contributed by atoms with Gasteiger partial charge in [0.25, 0.3) is 5.91 Å². The van der Waals surface area contributed by atoms with E-state index in [0.29, 0.717) is 21.7 Å². The number of aromatic hydroxyl groups is 1. The maximum atomic E-state index is 12.2. The Balaban J connectivity index is 1.56. The molecule has 0 aliphatic carbocycles. The van der Waals surface area contributed by atoms with Gasteiger partial charge in [-0.25, -0.2) is 9.97 Å². The zero-order valence-electron chi connectivity index (χ0n) is 13.7. The molecule has 0 radical (unpaired) electrons. The molecule has 0 aliphatic heterocycles. The number of rotatable bonds is 4. The van der Waals surface area contributed by atoms with Crippen molar-refractivity contribution in [3.05, 3.63) is 71.5 Å². The van der Waals surface area contributed by atoms with Crippen LogP contribution in [0.3, 0.4) is 0 Å². The third kappa shape index (κ3) is 3.84. The van der Waals surface area contributed by atoms with Crippen molar-refractivity contribution in [1.82, 2.24) is 9.97 Å². The average molecular weight is 398 g/mol. The first-order valence-electron chi connectivity index (χ1n) is 7.88. The summed E-state index contributed by atoms with van der Waals surface area (Å²) >= 11 is 7.26. The molecule has 6 nitrogen and oxygen atoms in total. The summed E-state index contributed by atoms with van der Waals surface area (Å²) in [6.07, 6.45) is 1.44.